The lowest BCUT2D eigenvalue weighted by molar-refractivity contribution is 0.332. The summed E-state index contributed by atoms with van der Waals surface area (Å²) in [5.41, 5.74) is 0. The van der Waals surface area contributed by atoms with Crippen molar-refractivity contribution >= 4 is 8.32 Å². The van der Waals surface area contributed by atoms with Crippen molar-refractivity contribution in [1.29, 1.82) is 0 Å². The molecule has 0 amide bonds. The average molecular weight is 242 g/mol. The second-order valence-corrected chi connectivity index (χ2v) is 13.8. The normalized spacial score (nSPS) is 14.8. The lowest BCUT2D eigenvalue weighted by Gasteiger charge is -2.56. The van der Waals surface area contributed by atoms with Crippen LogP contribution in [-0.2, 0) is 4.43 Å². The van der Waals surface area contributed by atoms with Gasteiger partial charge in [-0.3, -0.25) is 0 Å². The average Bonchev–Trinajstić information content (AvgIpc) is 1.91. The van der Waals surface area contributed by atoms with Crippen molar-refractivity contribution in [3.63, 3.8) is 0 Å². The van der Waals surface area contributed by atoms with Crippen LogP contribution in [0.3, 0.4) is 0 Å². The maximum absolute atomic E-state index is 6.23. The molecule has 0 aliphatic carbocycles. The van der Waals surface area contributed by atoms with Gasteiger partial charge in [0.05, 0.1) is 6.26 Å². The first-order chi connectivity index (χ1) is 6.81. The molecule has 0 heterocycles. The summed E-state index contributed by atoms with van der Waals surface area (Å²) in [4.78, 5) is 0. The van der Waals surface area contributed by atoms with Crippen molar-refractivity contribution in [3.8, 4) is 0 Å². The van der Waals surface area contributed by atoms with Crippen molar-refractivity contribution in [2.45, 2.75) is 77.4 Å². The van der Waals surface area contributed by atoms with Crippen molar-refractivity contribution in [2.75, 3.05) is 0 Å². The van der Waals surface area contributed by atoms with Gasteiger partial charge < -0.3 is 4.43 Å². The minimum Gasteiger partial charge on any atom is -0.548 e. The van der Waals surface area contributed by atoms with Gasteiger partial charge in [-0.05, 0) is 15.1 Å². The first-order valence-electron chi connectivity index (χ1n) is 6.10. The summed E-state index contributed by atoms with van der Waals surface area (Å²) in [6.07, 6.45) is 1.66. The van der Waals surface area contributed by atoms with Crippen LogP contribution in [0.15, 0.2) is 12.8 Å². The number of hydrogen-bond acceptors (Lipinski definition) is 1. The van der Waals surface area contributed by atoms with Crippen LogP contribution in [0.2, 0.25) is 15.1 Å². The van der Waals surface area contributed by atoms with Gasteiger partial charge in [-0.25, -0.2) is 0 Å². The molecular formula is C14H30OSi. The minimum atomic E-state index is -2.02. The molecule has 16 heavy (non-hydrogen) atoms. The van der Waals surface area contributed by atoms with Crippen LogP contribution in [-0.4, -0.2) is 8.32 Å². The summed E-state index contributed by atoms with van der Waals surface area (Å²) in [6.45, 7) is 24.5. The molecule has 0 rings (SSSR count). The smallest absolute Gasteiger partial charge is 0.266 e. The summed E-state index contributed by atoms with van der Waals surface area (Å²) >= 11 is 0. The van der Waals surface area contributed by atoms with Crippen LogP contribution < -0.4 is 0 Å². The second kappa shape index (κ2) is 4.21. The van der Waals surface area contributed by atoms with Crippen LogP contribution in [0.5, 0.6) is 0 Å². The molecular weight excluding hydrogens is 212 g/mol. The fourth-order valence-electron chi connectivity index (χ4n) is 4.03. The SMILES string of the molecule is C=CO[Si](C(C)(C)C)(C(C)(C)C)C(C)(C)C. The Kier molecular flexibility index (Phi) is 4.15. The highest BCUT2D eigenvalue weighted by atomic mass is 28.4. The first kappa shape index (κ1) is 15.8. The van der Waals surface area contributed by atoms with E-state index in [4.69, 9.17) is 4.43 Å². The van der Waals surface area contributed by atoms with E-state index in [2.05, 4.69) is 68.9 Å². The van der Waals surface area contributed by atoms with Crippen LogP contribution in [0.1, 0.15) is 62.3 Å². The van der Waals surface area contributed by atoms with E-state index >= 15 is 0 Å². The lowest BCUT2D eigenvalue weighted by atomic mass is 10.2. The molecule has 0 saturated carbocycles. The van der Waals surface area contributed by atoms with Gasteiger partial charge in [0.1, 0.15) is 0 Å². The van der Waals surface area contributed by atoms with Gasteiger partial charge in [-0.15, -0.1) is 0 Å². The van der Waals surface area contributed by atoms with Crippen LogP contribution in [0.25, 0.3) is 0 Å². The van der Waals surface area contributed by atoms with Gasteiger partial charge in [-0.1, -0.05) is 68.9 Å². The van der Waals surface area contributed by atoms with E-state index in [1.165, 1.54) is 0 Å². The molecule has 1 nitrogen and oxygen atoms in total. The van der Waals surface area contributed by atoms with Gasteiger partial charge >= 0.3 is 0 Å². The Balaban J connectivity index is 5.92. The molecule has 0 radical (unpaired) electrons. The maximum Gasteiger partial charge on any atom is 0.266 e. The molecule has 0 bridgehead atoms. The van der Waals surface area contributed by atoms with E-state index in [0.29, 0.717) is 0 Å². The maximum atomic E-state index is 6.23. The molecule has 0 aliphatic heterocycles. The highest BCUT2D eigenvalue weighted by molar-refractivity contribution is 6.82. The van der Waals surface area contributed by atoms with Crippen LogP contribution in [0.4, 0.5) is 0 Å². The molecule has 0 aromatic rings. The highest BCUT2D eigenvalue weighted by Crippen LogP contribution is 2.62. The zero-order chi connectivity index (χ0) is 13.4. The number of hydrogen-bond donors (Lipinski definition) is 0. The van der Waals surface area contributed by atoms with Gasteiger partial charge in [0.15, 0.2) is 0 Å². The molecule has 0 unspecified atom stereocenters. The Labute approximate surface area is 103 Å². The van der Waals surface area contributed by atoms with Crippen molar-refractivity contribution in [1.82, 2.24) is 0 Å². The molecule has 0 atom stereocenters. The lowest BCUT2D eigenvalue weighted by Crippen LogP contribution is -2.59. The van der Waals surface area contributed by atoms with Crippen molar-refractivity contribution < 1.29 is 4.43 Å². The van der Waals surface area contributed by atoms with E-state index in [1.54, 1.807) is 6.26 Å². The zero-order valence-corrected chi connectivity index (χ0v) is 13.7. The summed E-state index contributed by atoms with van der Waals surface area (Å²) in [7, 11) is -2.02. The van der Waals surface area contributed by atoms with E-state index < -0.39 is 8.32 Å². The molecule has 0 N–H and O–H groups in total. The van der Waals surface area contributed by atoms with E-state index in [-0.39, 0.29) is 15.1 Å². The summed E-state index contributed by atoms with van der Waals surface area (Å²) in [5.74, 6) is 0. The summed E-state index contributed by atoms with van der Waals surface area (Å²) < 4.78 is 6.23. The molecule has 2 heteroatoms. The quantitative estimate of drug-likeness (QED) is 0.459. The van der Waals surface area contributed by atoms with Crippen LogP contribution in [0, 0.1) is 0 Å². The molecule has 96 valence electrons. The van der Waals surface area contributed by atoms with E-state index in [0.717, 1.165) is 0 Å². The van der Waals surface area contributed by atoms with Crippen molar-refractivity contribution in [3.05, 3.63) is 12.8 Å². The first-order valence-corrected chi connectivity index (χ1v) is 8.01. The largest absolute Gasteiger partial charge is 0.548 e. The van der Waals surface area contributed by atoms with Crippen molar-refractivity contribution in [2.24, 2.45) is 0 Å². The third-order valence-corrected chi connectivity index (χ3v) is 10.3. The Hall–Kier alpha value is -0.243. The van der Waals surface area contributed by atoms with Gasteiger partial charge in [0, 0.05) is 0 Å². The fourth-order valence-corrected chi connectivity index (χ4v) is 12.1. The third-order valence-electron chi connectivity index (χ3n) is 3.43. The Bertz CT molecular complexity index is 211. The monoisotopic (exact) mass is 242 g/mol. The fraction of sp³-hybridized carbons (Fsp3) is 0.857. The highest BCUT2D eigenvalue weighted by Gasteiger charge is 2.63. The van der Waals surface area contributed by atoms with Crippen LogP contribution >= 0.6 is 0 Å². The topological polar surface area (TPSA) is 9.23 Å². The van der Waals surface area contributed by atoms with E-state index in [9.17, 15) is 0 Å². The predicted molar refractivity (Wildman–Crippen MR) is 76.2 cm³/mol. The second-order valence-electron chi connectivity index (χ2n) is 7.72. The summed E-state index contributed by atoms with van der Waals surface area (Å²) in [6, 6.07) is 0. The Morgan fingerprint density at radius 3 is 1.06 bits per heavy atom. The molecule has 0 fully saturated rings. The standard InChI is InChI=1S/C14H30OSi/c1-11-15-16(12(2,3)4,13(5,6)7)14(8,9)10/h11H,1H2,2-10H3. The van der Waals surface area contributed by atoms with E-state index in [1.807, 2.05) is 0 Å². The predicted octanol–water partition coefficient (Wildman–Crippen LogP) is 5.49. The Morgan fingerprint density at radius 2 is 1.00 bits per heavy atom. The Morgan fingerprint density at radius 1 is 0.750 bits per heavy atom. The zero-order valence-electron chi connectivity index (χ0n) is 12.7. The molecule has 0 aliphatic rings. The minimum absolute atomic E-state index is 0.178. The summed E-state index contributed by atoms with van der Waals surface area (Å²) in [5, 5.41) is 0.535. The molecule has 0 aromatic heterocycles. The molecule has 0 aromatic carbocycles. The van der Waals surface area contributed by atoms with Gasteiger partial charge in [0.25, 0.3) is 8.32 Å². The number of rotatable bonds is 2. The van der Waals surface area contributed by atoms with Gasteiger partial charge in [0.2, 0.25) is 0 Å². The molecule has 0 saturated heterocycles. The third kappa shape index (κ3) is 2.37. The molecule has 0 spiro atoms. The van der Waals surface area contributed by atoms with Gasteiger partial charge in [-0.2, -0.15) is 0 Å².